The van der Waals surface area contributed by atoms with Crippen LogP contribution in [0.1, 0.15) is 71.1 Å². The maximum atomic E-state index is 3.46. The lowest BCUT2D eigenvalue weighted by Crippen LogP contribution is -2.42. The van der Waals surface area contributed by atoms with Gasteiger partial charge in [-0.2, -0.15) is 0 Å². The second-order valence-electron chi connectivity index (χ2n) is 4.82. The van der Waals surface area contributed by atoms with Gasteiger partial charge in [-0.05, 0) is 19.3 Å². The Labute approximate surface area is 95.2 Å². The van der Waals surface area contributed by atoms with Crippen molar-refractivity contribution in [3.8, 4) is 0 Å². The smallest absolute Gasteiger partial charge is 0.0212 e. The zero-order valence-corrected chi connectivity index (χ0v) is 10.4. The molecule has 0 saturated heterocycles. The van der Waals surface area contributed by atoms with Crippen LogP contribution < -0.4 is 10.9 Å². The van der Waals surface area contributed by atoms with Crippen molar-refractivity contribution in [2.24, 2.45) is 0 Å². The van der Waals surface area contributed by atoms with Crippen LogP contribution in [0.25, 0.3) is 0 Å². The van der Waals surface area contributed by atoms with E-state index in [0.29, 0.717) is 0 Å². The lowest BCUT2D eigenvalue weighted by atomic mass is 9.96. The largest absolute Gasteiger partial charge is 0.258 e. The van der Waals surface area contributed by atoms with E-state index < -0.39 is 0 Å². The number of hydrogen-bond donors (Lipinski definition) is 2. The molecule has 1 rings (SSSR count). The van der Waals surface area contributed by atoms with Gasteiger partial charge in [0.1, 0.15) is 0 Å². The topological polar surface area (TPSA) is 24.1 Å². The van der Waals surface area contributed by atoms with Gasteiger partial charge in [-0.1, -0.05) is 51.9 Å². The molecule has 0 radical (unpaired) electrons. The summed E-state index contributed by atoms with van der Waals surface area (Å²) in [6.45, 7) is 3.41. The second kappa shape index (κ2) is 9.17. The van der Waals surface area contributed by atoms with Gasteiger partial charge in [0.15, 0.2) is 0 Å². The summed E-state index contributed by atoms with van der Waals surface area (Å²) in [7, 11) is 0. The number of nitrogens with one attached hydrogen (secondary N) is 2. The van der Waals surface area contributed by atoms with Crippen LogP contribution in [0.15, 0.2) is 0 Å². The molecule has 2 heteroatoms. The summed E-state index contributed by atoms with van der Waals surface area (Å²) in [5.41, 5.74) is 6.84. The van der Waals surface area contributed by atoms with E-state index in [-0.39, 0.29) is 0 Å². The summed E-state index contributed by atoms with van der Waals surface area (Å²) in [6.07, 6.45) is 13.8. The molecule has 1 saturated carbocycles. The highest BCUT2D eigenvalue weighted by Gasteiger charge is 2.11. The number of hydrazine groups is 1. The molecule has 0 spiro atoms. The Morgan fingerprint density at radius 1 is 0.933 bits per heavy atom. The SMILES string of the molecule is CCCCCCCNNC1CCCCC1. The summed E-state index contributed by atoms with van der Waals surface area (Å²) >= 11 is 0. The minimum absolute atomic E-state index is 0.745. The van der Waals surface area contributed by atoms with Gasteiger partial charge in [-0.25, -0.2) is 0 Å². The zero-order valence-electron chi connectivity index (χ0n) is 10.4. The van der Waals surface area contributed by atoms with E-state index in [1.165, 1.54) is 64.2 Å². The standard InChI is InChI=1S/C13H28N2/c1-2-3-4-5-9-12-14-15-13-10-7-6-8-11-13/h13-15H,2-12H2,1H3. The average molecular weight is 212 g/mol. The Morgan fingerprint density at radius 3 is 2.40 bits per heavy atom. The van der Waals surface area contributed by atoms with Crippen molar-refractivity contribution in [3.63, 3.8) is 0 Å². The first-order valence-electron chi connectivity index (χ1n) is 6.92. The monoisotopic (exact) mass is 212 g/mol. The lowest BCUT2D eigenvalue weighted by molar-refractivity contribution is 0.332. The molecule has 1 fully saturated rings. The highest BCUT2D eigenvalue weighted by molar-refractivity contribution is 4.69. The van der Waals surface area contributed by atoms with Crippen molar-refractivity contribution in [3.05, 3.63) is 0 Å². The molecule has 0 aliphatic heterocycles. The third kappa shape index (κ3) is 6.91. The normalized spacial score (nSPS) is 18.2. The highest BCUT2D eigenvalue weighted by Crippen LogP contribution is 2.16. The van der Waals surface area contributed by atoms with Crippen molar-refractivity contribution in [2.75, 3.05) is 6.54 Å². The van der Waals surface area contributed by atoms with Crippen LogP contribution in [0.4, 0.5) is 0 Å². The summed E-state index contributed by atoms with van der Waals surface area (Å²) in [5, 5.41) is 0. The van der Waals surface area contributed by atoms with E-state index in [1.54, 1.807) is 0 Å². The van der Waals surface area contributed by atoms with E-state index >= 15 is 0 Å². The van der Waals surface area contributed by atoms with Gasteiger partial charge in [0.2, 0.25) is 0 Å². The maximum Gasteiger partial charge on any atom is 0.0212 e. The maximum absolute atomic E-state index is 3.46. The molecule has 0 amide bonds. The molecule has 2 N–H and O–H groups in total. The van der Waals surface area contributed by atoms with Crippen LogP contribution >= 0.6 is 0 Å². The zero-order chi connectivity index (χ0) is 10.8. The van der Waals surface area contributed by atoms with Crippen LogP contribution in [0.5, 0.6) is 0 Å². The Morgan fingerprint density at radius 2 is 1.67 bits per heavy atom. The van der Waals surface area contributed by atoms with Crippen molar-refractivity contribution in [1.29, 1.82) is 0 Å². The van der Waals surface area contributed by atoms with Crippen LogP contribution in [-0.4, -0.2) is 12.6 Å². The van der Waals surface area contributed by atoms with Crippen molar-refractivity contribution >= 4 is 0 Å². The van der Waals surface area contributed by atoms with Crippen LogP contribution in [0.3, 0.4) is 0 Å². The first-order valence-corrected chi connectivity index (χ1v) is 6.92. The predicted octanol–water partition coefficient (Wildman–Crippen LogP) is 3.38. The highest BCUT2D eigenvalue weighted by atomic mass is 15.4. The van der Waals surface area contributed by atoms with E-state index in [0.717, 1.165) is 12.6 Å². The van der Waals surface area contributed by atoms with Crippen LogP contribution in [0, 0.1) is 0 Å². The minimum Gasteiger partial charge on any atom is -0.258 e. The van der Waals surface area contributed by atoms with Gasteiger partial charge in [-0.3, -0.25) is 10.9 Å². The van der Waals surface area contributed by atoms with Gasteiger partial charge >= 0.3 is 0 Å². The number of hydrogen-bond acceptors (Lipinski definition) is 2. The minimum atomic E-state index is 0.745. The molecule has 2 nitrogen and oxygen atoms in total. The van der Waals surface area contributed by atoms with E-state index in [9.17, 15) is 0 Å². The molecule has 15 heavy (non-hydrogen) atoms. The lowest BCUT2D eigenvalue weighted by Gasteiger charge is -2.23. The fourth-order valence-electron chi connectivity index (χ4n) is 2.28. The number of rotatable bonds is 8. The molecule has 0 aromatic rings. The van der Waals surface area contributed by atoms with E-state index in [4.69, 9.17) is 0 Å². The second-order valence-corrected chi connectivity index (χ2v) is 4.82. The molecule has 0 aromatic heterocycles. The third-order valence-electron chi connectivity index (χ3n) is 3.32. The summed E-state index contributed by atoms with van der Waals surface area (Å²) in [5.74, 6) is 0. The molecule has 0 bridgehead atoms. The molecular weight excluding hydrogens is 184 g/mol. The quantitative estimate of drug-likeness (QED) is 0.476. The summed E-state index contributed by atoms with van der Waals surface area (Å²) < 4.78 is 0. The van der Waals surface area contributed by atoms with Gasteiger partial charge in [0, 0.05) is 12.6 Å². The van der Waals surface area contributed by atoms with Crippen LogP contribution in [-0.2, 0) is 0 Å². The Bertz CT molecular complexity index is 130. The first kappa shape index (κ1) is 13.0. The van der Waals surface area contributed by atoms with Crippen molar-refractivity contribution < 1.29 is 0 Å². The molecular formula is C13H28N2. The molecule has 1 aliphatic rings. The Kier molecular flexibility index (Phi) is 7.94. The van der Waals surface area contributed by atoms with Gasteiger partial charge < -0.3 is 0 Å². The molecule has 0 atom stereocenters. The Hall–Kier alpha value is -0.0800. The van der Waals surface area contributed by atoms with Gasteiger partial charge in [0.05, 0.1) is 0 Å². The fourth-order valence-corrected chi connectivity index (χ4v) is 2.28. The van der Waals surface area contributed by atoms with Crippen LogP contribution in [0.2, 0.25) is 0 Å². The average Bonchev–Trinajstić information content (AvgIpc) is 2.29. The molecule has 0 aromatic carbocycles. The van der Waals surface area contributed by atoms with E-state index in [2.05, 4.69) is 17.8 Å². The first-order chi connectivity index (χ1) is 7.43. The Balaban J connectivity index is 1.79. The van der Waals surface area contributed by atoms with E-state index in [1.807, 2.05) is 0 Å². The predicted molar refractivity (Wildman–Crippen MR) is 66.8 cm³/mol. The van der Waals surface area contributed by atoms with Crippen molar-refractivity contribution in [1.82, 2.24) is 10.9 Å². The molecule has 0 unspecified atom stereocenters. The fraction of sp³-hybridized carbons (Fsp3) is 1.00. The molecule has 90 valence electrons. The van der Waals surface area contributed by atoms with Gasteiger partial charge in [0.25, 0.3) is 0 Å². The summed E-state index contributed by atoms with van der Waals surface area (Å²) in [6, 6.07) is 0.745. The third-order valence-corrected chi connectivity index (χ3v) is 3.32. The number of unbranched alkanes of at least 4 members (excludes halogenated alkanes) is 4. The summed E-state index contributed by atoms with van der Waals surface area (Å²) in [4.78, 5) is 0. The molecule has 0 heterocycles. The van der Waals surface area contributed by atoms with Gasteiger partial charge in [-0.15, -0.1) is 0 Å². The molecule has 1 aliphatic carbocycles. The van der Waals surface area contributed by atoms with Crippen molar-refractivity contribution in [2.45, 2.75) is 77.2 Å².